The van der Waals surface area contributed by atoms with E-state index >= 15 is 0 Å². The molecule has 1 saturated heterocycles. The molecule has 3 aromatic rings. The molecule has 0 spiro atoms. The van der Waals surface area contributed by atoms with Gasteiger partial charge in [0.2, 0.25) is 0 Å². The van der Waals surface area contributed by atoms with E-state index in [1.807, 2.05) is 48.0 Å². The van der Waals surface area contributed by atoms with E-state index in [0.717, 1.165) is 26.5 Å². The lowest BCUT2D eigenvalue weighted by molar-refractivity contribution is -0.130. The van der Waals surface area contributed by atoms with Gasteiger partial charge in [0.05, 0.1) is 16.3 Å². The zero-order valence-corrected chi connectivity index (χ0v) is 17.2. The van der Waals surface area contributed by atoms with Crippen LogP contribution in [0.1, 0.15) is 29.2 Å². The zero-order valence-electron chi connectivity index (χ0n) is 16.4. The van der Waals surface area contributed by atoms with Crippen molar-refractivity contribution in [3.8, 4) is 5.69 Å². The molecule has 29 heavy (non-hydrogen) atoms. The highest BCUT2D eigenvalue weighted by Gasteiger charge is 2.43. The lowest BCUT2D eigenvalue weighted by atomic mass is 10.1. The van der Waals surface area contributed by atoms with Gasteiger partial charge >= 0.3 is 6.03 Å². The third-order valence-electron chi connectivity index (χ3n) is 4.83. The largest absolute Gasteiger partial charge is 0.350 e. The van der Waals surface area contributed by atoms with Gasteiger partial charge in [-0.1, -0.05) is 18.2 Å². The summed E-state index contributed by atoms with van der Waals surface area (Å²) in [7, 11) is 0. The number of aryl methyl sites for hydroxylation is 1. The van der Waals surface area contributed by atoms with Crippen LogP contribution in [-0.2, 0) is 4.79 Å². The first-order valence-electron chi connectivity index (χ1n) is 9.25. The number of hydrogen-bond donors (Lipinski definition) is 2. The van der Waals surface area contributed by atoms with Gasteiger partial charge in [-0.25, -0.2) is 9.48 Å². The molecular formula is C20H21N5O3S. The molecule has 3 heterocycles. The van der Waals surface area contributed by atoms with E-state index in [0.29, 0.717) is 4.88 Å². The van der Waals surface area contributed by atoms with Crippen molar-refractivity contribution in [3.05, 3.63) is 47.0 Å². The molecule has 0 bridgehead atoms. The highest BCUT2D eigenvalue weighted by Crippen LogP contribution is 2.30. The number of urea groups is 1. The molecule has 0 radical (unpaired) electrons. The Hall–Kier alpha value is -3.20. The second-order valence-electron chi connectivity index (χ2n) is 7.43. The van der Waals surface area contributed by atoms with Crippen molar-refractivity contribution in [3.63, 3.8) is 0 Å². The Morgan fingerprint density at radius 3 is 2.62 bits per heavy atom. The molecule has 4 rings (SSSR count). The average molecular weight is 411 g/mol. The topological polar surface area (TPSA) is 96.3 Å². The number of carbonyl (C=O) groups excluding carboxylic acids is 3. The quantitative estimate of drug-likeness (QED) is 0.631. The van der Waals surface area contributed by atoms with Gasteiger partial charge in [0.1, 0.15) is 10.4 Å². The third kappa shape index (κ3) is 3.38. The van der Waals surface area contributed by atoms with Gasteiger partial charge in [-0.3, -0.25) is 14.5 Å². The summed E-state index contributed by atoms with van der Waals surface area (Å²) in [6.45, 7) is 5.53. The van der Waals surface area contributed by atoms with E-state index in [4.69, 9.17) is 0 Å². The summed E-state index contributed by atoms with van der Waals surface area (Å²) < 4.78 is 1.83. The van der Waals surface area contributed by atoms with Crippen molar-refractivity contribution in [2.75, 3.05) is 13.1 Å². The Labute approximate surface area is 171 Å². The Morgan fingerprint density at radius 1 is 1.24 bits per heavy atom. The van der Waals surface area contributed by atoms with Crippen molar-refractivity contribution >= 4 is 39.4 Å². The molecule has 150 valence electrons. The molecule has 2 aromatic heterocycles. The number of nitrogens with zero attached hydrogens (tertiary/aromatic N) is 3. The first-order chi connectivity index (χ1) is 13.8. The van der Waals surface area contributed by atoms with Crippen LogP contribution >= 0.6 is 11.3 Å². The van der Waals surface area contributed by atoms with Gasteiger partial charge in [0, 0.05) is 18.5 Å². The lowest BCUT2D eigenvalue weighted by Gasteiger charge is -2.16. The number of benzene rings is 1. The van der Waals surface area contributed by atoms with Crippen molar-refractivity contribution in [2.45, 2.75) is 26.3 Å². The molecule has 4 amide bonds. The highest BCUT2D eigenvalue weighted by atomic mass is 32.1. The maximum absolute atomic E-state index is 12.6. The summed E-state index contributed by atoms with van der Waals surface area (Å²) in [5.41, 5.74) is 0.870. The maximum atomic E-state index is 12.6. The van der Waals surface area contributed by atoms with Gasteiger partial charge < -0.3 is 10.6 Å². The van der Waals surface area contributed by atoms with Gasteiger partial charge in [0.15, 0.2) is 0 Å². The van der Waals surface area contributed by atoms with Crippen LogP contribution in [0.2, 0.25) is 0 Å². The lowest BCUT2D eigenvalue weighted by Crippen LogP contribution is -2.41. The molecule has 8 nitrogen and oxygen atoms in total. The number of para-hydroxylation sites is 1. The Balaban J connectivity index is 1.47. The predicted octanol–water partition coefficient (Wildman–Crippen LogP) is 2.46. The Kier molecular flexibility index (Phi) is 4.62. The summed E-state index contributed by atoms with van der Waals surface area (Å²) >= 11 is 1.36. The summed E-state index contributed by atoms with van der Waals surface area (Å²) in [6.07, 6.45) is 0. The molecule has 0 atom stereocenters. The molecular weight excluding hydrogens is 390 g/mol. The molecule has 0 unspecified atom stereocenters. The number of amides is 4. The van der Waals surface area contributed by atoms with Crippen LogP contribution in [0.25, 0.3) is 15.9 Å². The normalized spacial score (nSPS) is 15.8. The van der Waals surface area contributed by atoms with Gasteiger partial charge in [0.25, 0.3) is 11.8 Å². The standard InChI is InChI=1S/C20H21N5O3S/c1-12-14-11-15(29-17(14)25(23-12)13-7-5-4-6-8-13)16(26)21-9-10-24-18(27)20(2,3)22-19(24)28/h4-8,11H,9-10H2,1-3H3,(H,21,26)(H,22,28). The van der Waals surface area contributed by atoms with E-state index in [2.05, 4.69) is 15.7 Å². The minimum Gasteiger partial charge on any atom is -0.350 e. The van der Waals surface area contributed by atoms with Crippen LogP contribution in [0.5, 0.6) is 0 Å². The number of hydrogen-bond acceptors (Lipinski definition) is 5. The third-order valence-corrected chi connectivity index (χ3v) is 5.94. The number of imide groups is 1. The SMILES string of the molecule is Cc1nn(-c2ccccc2)c2sc(C(=O)NCCN3C(=O)NC(C)(C)C3=O)cc12. The Bertz CT molecular complexity index is 1120. The van der Waals surface area contributed by atoms with Gasteiger partial charge in [-0.05, 0) is 39.0 Å². The van der Waals surface area contributed by atoms with Crippen LogP contribution in [0.15, 0.2) is 36.4 Å². The molecule has 1 aromatic carbocycles. The first-order valence-corrected chi connectivity index (χ1v) is 10.1. The molecule has 9 heteroatoms. The Morgan fingerprint density at radius 2 is 1.97 bits per heavy atom. The number of aromatic nitrogens is 2. The van der Waals surface area contributed by atoms with E-state index in [1.54, 1.807) is 13.8 Å². The van der Waals surface area contributed by atoms with E-state index in [9.17, 15) is 14.4 Å². The van der Waals surface area contributed by atoms with Crippen molar-refractivity contribution in [1.29, 1.82) is 0 Å². The summed E-state index contributed by atoms with van der Waals surface area (Å²) in [6, 6.07) is 11.1. The second-order valence-corrected chi connectivity index (χ2v) is 8.46. The number of carbonyl (C=O) groups is 3. The van der Waals surface area contributed by atoms with Crippen LogP contribution in [0.3, 0.4) is 0 Å². The second kappa shape index (κ2) is 7.00. The molecule has 1 fully saturated rings. The highest BCUT2D eigenvalue weighted by molar-refractivity contribution is 7.20. The summed E-state index contributed by atoms with van der Waals surface area (Å²) in [5, 5.41) is 10.9. The number of thiophene rings is 1. The average Bonchev–Trinajstić information content (AvgIpc) is 3.30. The minimum atomic E-state index is -0.909. The fraction of sp³-hybridized carbons (Fsp3) is 0.300. The fourth-order valence-corrected chi connectivity index (χ4v) is 4.39. The van der Waals surface area contributed by atoms with E-state index < -0.39 is 11.6 Å². The van der Waals surface area contributed by atoms with Crippen LogP contribution in [0, 0.1) is 6.92 Å². The van der Waals surface area contributed by atoms with E-state index in [1.165, 1.54) is 11.3 Å². The number of nitrogens with one attached hydrogen (secondary N) is 2. The molecule has 1 aliphatic rings. The van der Waals surface area contributed by atoms with Crippen molar-refractivity contribution in [2.24, 2.45) is 0 Å². The fourth-order valence-electron chi connectivity index (χ4n) is 3.29. The van der Waals surface area contributed by atoms with Crippen LogP contribution < -0.4 is 10.6 Å². The monoisotopic (exact) mass is 411 g/mol. The van der Waals surface area contributed by atoms with E-state index in [-0.39, 0.29) is 24.9 Å². The van der Waals surface area contributed by atoms with Gasteiger partial charge in [-0.2, -0.15) is 5.10 Å². The van der Waals surface area contributed by atoms with Crippen molar-refractivity contribution < 1.29 is 14.4 Å². The van der Waals surface area contributed by atoms with Crippen LogP contribution in [-0.4, -0.2) is 51.2 Å². The van der Waals surface area contributed by atoms with Gasteiger partial charge in [-0.15, -0.1) is 11.3 Å². The summed E-state index contributed by atoms with van der Waals surface area (Å²) in [5.74, 6) is -0.534. The van der Waals surface area contributed by atoms with Crippen molar-refractivity contribution in [1.82, 2.24) is 25.3 Å². The minimum absolute atomic E-state index is 0.127. The molecule has 0 aliphatic carbocycles. The maximum Gasteiger partial charge on any atom is 0.325 e. The predicted molar refractivity (Wildman–Crippen MR) is 110 cm³/mol. The molecule has 2 N–H and O–H groups in total. The summed E-state index contributed by atoms with van der Waals surface area (Å²) in [4.78, 5) is 39.3. The number of rotatable bonds is 5. The number of fused-ring (bicyclic) bond motifs is 1. The zero-order chi connectivity index (χ0) is 20.8. The smallest absolute Gasteiger partial charge is 0.325 e. The van der Waals surface area contributed by atoms with Crippen LogP contribution in [0.4, 0.5) is 4.79 Å². The molecule has 1 aliphatic heterocycles. The molecule has 0 saturated carbocycles. The first kappa shape index (κ1) is 19.1.